The largest absolute Gasteiger partial charge is 0.534 e. The van der Waals surface area contributed by atoms with Crippen molar-refractivity contribution in [1.29, 1.82) is 0 Å². The zero-order valence-electron chi connectivity index (χ0n) is 15.2. The van der Waals surface area contributed by atoms with Crippen molar-refractivity contribution < 1.29 is 17.7 Å². The van der Waals surface area contributed by atoms with Crippen LogP contribution in [0.5, 0.6) is 0 Å². The van der Waals surface area contributed by atoms with Gasteiger partial charge in [0.05, 0.1) is 6.61 Å². The van der Waals surface area contributed by atoms with E-state index in [4.69, 9.17) is 17.7 Å². The molecule has 0 aromatic rings. The first-order valence-corrected chi connectivity index (χ1v) is 12.4. The molecule has 0 bridgehead atoms. The maximum Gasteiger partial charge on any atom is 0.534 e. The number of rotatable bonds is 10. The molecule has 6 heteroatoms. The molecular weight excluding hydrogens is 300 g/mol. The fraction of sp³-hybridized carbons (Fsp3) is 0.867. The highest BCUT2D eigenvalue weighted by atomic mass is 28.4. The minimum Gasteiger partial charge on any atom is -0.413 e. The second-order valence-corrected chi connectivity index (χ2v) is 14.0. The van der Waals surface area contributed by atoms with Crippen LogP contribution in [0.4, 0.5) is 0 Å². The molecule has 0 N–H and O–H groups in total. The zero-order valence-corrected chi connectivity index (χ0v) is 17.2. The molecule has 0 rings (SSSR count). The van der Waals surface area contributed by atoms with E-state index < -0.39 is 17.1 Å². The molecular formula is C15H34O4Si2. The Morgan fingerprint density at radius 1 is 0.857 bits per heavy atom. The first-order valence-electron chi connectivity index (χ1n) is 7.80. The van der Waals surface area contributed by atoms with Gasteiger partial charge in [-0.3, -0.25) is 0 Å². The molecule has 0 aliphatic heterocycles. The Kier molecular flexibility index (Phi) is 8.60. The van der Waals surface area contributed by atoms with Gasteiger partial charge < -0.3 is 17.7 Å². The van der Waals surface area contributed by atoms with Crippen LogP contribution in [0.25, 0.3) is 0 Å². The monoisotopic (exact) mass is 334 g/mol. The summed E-state index contributed by atoms with van der Waals surface area (Å²) in [5, 5.41) is 0.984. The smallest absolute Gasteiger partial charge is 0.413 e. The Morgan fingerprint density at radius 2 is 1.24 bits per heavy atom. The quantitative estimate of drug-likeness (QED) is 0.562. The Morgan fingerprint density at radius 3 is 1.52 bits per heavy atom. The van der Waals surface area contributed by atoms with Crippen molar-refractivity contribution in [2.45, 2.75) is 59.7 Å². The van der Waals surface area contributed by atoms with Gasteiger partial charge in [-0.1, -0.05) is 27.4 Å². The van der Waals surface area contributed by atoms with E-state index in [9.17, 15) is 0 Å². The van der Waals surface area contributed by atoms with Crippen molar-refractivity contribution in [3.05, 3.63) is 11.8 Å². The molecule has 0 heterocycles. The summed E-state index contributed by atoms with van der Waals surface area (Å²) in [5.74, 6) is 0. The third-order valence-electron chi connectivity index (χ3n) is 3.85. The maximum absolute atomic E-state index is 6.23. The average Bonchev–Trinajstić information content (AvgIpc) is 2.35. The van der Waals surface area contributed by atoms with E-state index in [1.165, 1.54) is 0 Å². The van der Waals surface area contributed by atoms with E-state index in [0.717, 1.165) is 5.20 Å². The highest BCUT2D eigenvalue weighted by Crippen LogP contribution is 2.37. The number of hydrogen-bond donors (Lipinski definition) is 0. The molecule has 0 aliphatic rings. The third kappa shape index (κ3) is 5.96. The van der Waals surface area contributed by atoms with Gasteiger partial charge in [-0.25, -0.2) is 0 Å². The normalized spacial score (nSPS) is 13.5. The van der Waals surface area contributed by atoms with Crippen LogP contribution in [0.1, 0.15) is 41.5 Å². The predicted molar refractivity (Wildman–Crippen MR) is 92.9 cm³/mol. The molecule has 0 saturated heterocycles. The molecule has 21 heavy (non-hydrogen) atoms. The van der Waals surface area contributed by atoms with E-state index >= 15 is 0 Å². The average molecular weight is 335 g/mol. The molecule has 0 aromatic heterocycles. The second-order valence-electron chi connectivity index (χ2n) is 6.51. The summed E-state index contributed by atoms with van der Waals surface area (Å²) >= 11 is 0. The first kappa shape index (κ1) is 21.0. The van der Waals surface area contributed by atoms with Crippen LogP contribution in [0.15, 0.2) is 11.8 Å². The van der Waals surface area contributed by atoms with Crippen LogP contribution >= 0.6 is 0 Å². The summed E-state index contributed by atoms with van der Waals surface area (Å²) in [7, 11) is -4.68. The van der Waals surface area contributed by atoms with Gasteiger partial charge in [0, 0.05) is 25.0 Å². The molecule has 0 spiro atoms. The Balaban J connectivity index is 4.98. The van der Waals surface area contributed by atoms with E-state index in [2.05, 4.69) is 40.4 Å². The Hall–Kier alpha value is 0.0138. The van der Waals surface area contributed by atoms with E-state index in [1.807, 2.05) is 20.8 Å². The highest BCUT2D eigenvalue weighted by molar-refractivity contribution is 6.74. The van der Waals surface area contributed by atoms with E-state index in [-0.39, 0.29) is 5.04 Å². The summed E-state index contributed by atoms with van der Waals surface area (Å²) in [6.45, 7) is 23.2. The van der Waals surface area contributed by atoms with Gasteiger partial charge in [0.1, 0.15) is 0 Å². The van der Waals surface area contributed by atoms with Crippen molar-refractivity contribution in [2.75, 3.05) is 26.4 Å². The maximum atomic E-state index is 6.23. The second kappa shape index (κ2) is 8.60. The van der Waals surface area contributed by atoms with Crippen LogP contribution in [0, 0.1) is 0 Å². The number of hydrogen-bond acceptors (Lipinski definition) is 4. The van der Waals surface area contributed by atoms with Gasteiger partial charge in [0.2, 0.25) is 0 Å². The lowest BCUT2D eigenvalue weighted by molar-refractivity contribution is 0.0777. The van der Waals surface area contributed by atoms with Crippen molar-refractivity contribution in [1.82, 2.24) is 0 Å². The Labute approximate surface area is 133 Å². The lowest BCUT2D eigenvalue weighted by Gasteiger charge is -2.38. The fourth-order valence-electron chi connectivity index (χ4n) is 1.57. The molecule has 0 atom stereocenters. The molecule has 126 valence electrons. The van der Waals surface area contributed by atoms with Gasteiger partial charge in [-0.2, -0.15) is 0 Å². The van der Waals surface area contributed by atoms with Gasteiger partial charge in [0.25, 0.3) is 0 Å². The highest BCUT2D eigenvalue weighted by Gasteiger charge is 2.46. The minimum atomic E-state index is -2.86. The molecule has 0 aromatic carbocycles. The van der Waals surface area contributed by atoms with Crippen LogP contribution < -0.4 is 0 Å². The van der Waals surface area contributed by atoms with Crippen molar-refractivity contribution in [3.63, 3.8) is 0 Å². The first-order chi connectivity index (χ1) is 9.56. The van der Waals surface area contributed by atoms with Crippen molar-refractivity contribution in [3.8, 4) is 0 Å². The van der Waals surface area contributed by atoms with Gasteiger partial charge in [-0.15, -0.1) is 0 Å². The minimum absolute atomic E-state index is 0.167. The van der Waals surface area contributed by atoms with Gasteiger partial charge >= 0.3 is 8.80 Å². The van der Waals surface area contributed by atoms with Crippen molar-refractivity contribution >= 4 is 17.1 Å². The molecule has 0 saturated carbocycles. The van der Waals surface area contributed by atoms with Crippen LogP contribution in [-0.2, 0) is 17.7 Å². The predicted octanol–water partition coefficient (Wildman–Crippen LogP) is 4.15. The Bertz CT molecular complexity index is 307. The summed E-state index contributed by atoms with van der Waals surface area (Å²) < 4.78 is 23.8. The lowest BCUT2D eigenvalue weighted by atomic mass is 10.2. The summed E-state index contributed by atoms with van der Waals surface area (Å²) in [5.41, 5.74) is 0. The SMILES string of the molecule is C=C(CO[Si](C)(C)C(C)(C)C)[Si](OCC)(OCC)OCC. The van der Waals surface area contributed by atoms with Gasteiger partial charge in [-0.05, 0) is 38.9 Å². The zero-order chi connectivity index (χ0) is 16.7. The summed E-state index contributed by atoms with van der Waals surface area (Å²) in [6, 6.07) is 0. The van der Waals surface area contributed by atoms with E-state index in [1.54, 1.807) is 0 Å². The van der Waals surface area contributed by atoms with Gasteiger partial charge in [0.15, 0.2) is 8.32 Å². The van der Waals surface area contributed by atoms with Crippen molar-refractivity contribution in [2.24, 2.45) is 0 Å². The third-order valence-corrected chi connectivity index (χ3v) is 11.3. The molecule has 0 fully saturated rings. The van der Waals surface area contributed by atoms with Crippen LogP contribution in [0.3, 0.4) is 0 Å². The standard InChI is InChI=1S/C15H34O4Si2/c1-10-16-21(17-11-2,18-12-3)14(4)13-19-20(8,9)15(5,6)7/h4,10-13H2,1-3,5-9H3. The molecule has 0 unspecified atom stereocenters. The molecule has 4 nitrogen and oxygen atoms in total. The van der Waals surface area contributed by atoms with Crippen LogP contribution in [0.2, 0.25) is 18.1 Å². The lowest BCUT2D eigenvalue weighted by Crippen LogP contribution is -2.51. The topological polar surface area (TPSA) is 36.9 Å². The molecule has 0 aliphatic carbocycles. The fourth-order valence-corrected chi connectivity index (χ4v) is 4.94. The van der Waals surface area contributed by atoms with Crippen LogP contribution in [-0.4, -0.2) is 43.5 Å². The molecule has 0 radical (unpaired) electrons. The molecule has 0 amide bonds. The summed E-state index contributed by atoms with van der Waals surface area (Å²) in [6.07, 6.45) is 0. The summed E-state index contributed by atoms with van der Waals surface area (Å²) in [4.78, 5) is 0. The van der Waals surface area contributed by atoms with E-state index in [0.29, 0.717) is 26.4 Å².